The van der Waals surface area contributed by atoms with Crippen LogP contribution in [0.25, 0.3) is 0 Å². The van der Waals surface area contributed by atoms with E-state index in [1.54, 1.807) is 0 Å². The van der Waals surface area contributed by atoms with Gasteiger partial charge in [0.2, 0.25) is 0 Å². The summed E-state index contributed by atoms with van der Waals surface area (Å²) in [6.07, 6.45) is 0. The molecule has 8 heteroatoms. The molecule has 0 spiro atoms. The summed E-state index contributed by atoms with van der Waals surface area (Å²) in [7, 11) is 0. The molecular formula is BCl6P. The van der Waals surface area contributed by atoms with Crippen LogP contribution in [0.1, 0.15) is 0 Å². The molecule has 0 heterocycles. The highest BCUT2D eigenvalue weighted by atomic mass is 36.0. The van der Waals surface area contributed by atoms with E-state index in [1.807, 2.05) is 0 Å². The largest absolute Gasteiger partial charge is 0.450 e. The SMILES string of the molecule is ClB(Cl)Cl.ClP(Cl)Cl. The molecule has 0 radical (unpaired) electrons. The van der Waals surface area contributed by atoms with Gasteiger partial charge in [-0.2, -0.15) is 34.4 Å². The monoisotopic (exact) mass is 252 g/mol. The van der Waals surface area contributed by atoms with Gasteiger partial charge in [-0.3, -0.25) is 0 Å². The Bertz CT molecular complexity index is 24.0. The standard InChI is InChI=1S/BCl3.Cl3P/c2-1(3)4;1-4(2)3. The van der Waals surface area contributed by atoms with Crippen molar-refractivity contribution < 1.29 is 0 Å². The van der Waals surface area contributed by atoms with Crippen LogP contribution in [0.15, 0.2) is 0 Å². The van der Waals surface area contributed by atoms with Crippen molar-refractivity contribution in [3.8, 4) is 0 Å². The minimum Gasteiger partial charge on any atom is -0.150 e. The normalized spacial score (nSPS) is 7.88. The van der Waals surface area contributed by atoms with Crippen molar-refractivity contribution in [1.29, 1.82) is 0 Å². The first-order valence-electron chi connectivity index (χ1n) is 1.16. The molecule has 0 aromatic heterocycles. The molecule has 0 aromatic rings. The smallest absolute Gasteiger partial charge is 0.150 e. The topological polar surface area (TPSA) is 0 Å². The second-order valence-corrected chi connectivity index (χ2v) is 7.40. The molecular weight excluding hydrogens is 255 g/mol. The maximum absolute atomic E-state index is 4.87. The summed E-state index contributed by atoms with van der Waals surface area (Å²) < 4.78 is 0. The number of hydrogen-bond donors (Lipinski definition) is 0. The van der Waals surface area contributed by atoms with Crippen LogP contribution < -0.4 is 0 Å². The maximum Gasteiger partial charge on any atom is 0.450 e. The van der Waals surface area contributed by atoms with Crippen LogP contribution in [-0.2, 0) is 0 Å². The second-order valence-electron chi connectivity index (χ2n) is 0.439. The molecule has 50 valence electrons. The summed E-state index contributed by atoms with van der Waals surface area (Å²) in [5.74, 6) is -1.20. The summed E-state index contributed by atoms with van der Waals surface area (Å²) in [4.78, 5) is -0.750. The zero-order chi connectivity index (χ0) is 7.15. The Labute approximate surface area is 78.6 Å². The fourth-order valence-electron chi connectivity index (χ4n) is 0. The molecule has 0 bridgehead atoms. The molecule has 0 nitrogen and oxygen atoms in total. The molecule has 0 aliphatic carbocycles. The van der Waals surface area contributed by atoms with Crippen molar-refractivity contribution in [3.63, 3.8) is 0 Å². The number of rotatable bonds is 0. The zero-order valence-electron chi connectivity index (χ0n) is 3.29. The summed E-state index contributed by atoms with van der Waals surface area (Å²) in [6, 6.07) is 0. The van der Waals surface area contributed by atoms with Gasteiger partial charge in [0.15, 0.2) is 5.98 Å². The van der Waals surface area contributed by atoms with Gasteiger partial charge >= 0.3 is 4.96 Å². The van der Waals surface area contributed by atoms with Crippen LogP contribution in [0.4, 0.5) is 0 Å². The minimum atomic E-state index is -1.20. The third-order valence-corrected chi connectivity index (χ3v) is 0. The molecule has 0 saturated carbocycles. The van der Waals surface area contributed by atoms with Gasteiger partial charge in [0, 0.05) is 0 Å². The Morgan fingerprint density at radius 3 is 0.875 bits per heavy atom. The lowest BCUT2D eigenvalue weighted by atomic mass is 10.7. The second kappa shape index (κ2) is 9.23. The molecule has 0 N–H and O–H groups in total. The fraction of sp³-hybridized carbons (Fsp3) is 0. The van der Waals surface area contributed by atoms with Gasteiger partial charge in [0.25, 0.3) is 0 Å². The van der Waals surface area contributed by atoms with Crippen molar-refractivity contribution in [2.75, 3.05) is 0 Å². The lowest BCUT2D eigenvalue weighted by Crippen LogP contribution is -1.66. The van der Waals surface area contributed by atoms with E-state index in [2.05, 4.69) is 0 Å². The molecule has 0 saturated heterocycles. The molecule has 0 fully saturated rings. The zero-order valence-corrected chi connectivity index (χ0v) is 8.72. The highest BCUT2D eigenvalue weighted by Gasteiger charge is 1.91. The Morgan fingerprint density at radius 2 is 0.875 bits per heavy atom. The van der Waals surface area contributed by atoms with Gasteiger partial charge in [-0.25, -0.2) is 0 Å². The van der Waals surface area contributed by atoms with Crippen LogP contribution in [0.3, 0.4) is 0 Å². The molecule has 0 aliphatic rings. The van der Waals surface area contributed by atoms with Gasteiger partial charge in [-0.15, -0.1) is 0 Å². The van der Waals surface area contributed by atoms with E-state index in [0.29, 0.717) is 0 Å². The fourth-order valence-corrected chi connectivity index (χ4v) is 0. The molecule has 0 unspecified atom stereocenters. The summed E-state index contributed by atoms with van der Waals surface area (Å²) in [6.45, 7) is 0. The Kier molecular flexibility index (Phi) is 14.9. The van der Waals surface area contributed by atoms with Crippen molar-refractivity contribution in [2.45, 2.75) is 0 Å². The van der Waals surface area contributed by atoms with E-state index in [0.717, 1.165) is 0 Å². The van der Waals surface area contributed by atoms with E-state index in [4.69, 9.17) is 68.1 Å². The molecule has 0 atom stereocenters. The Balaban J connectivity index is 0. The van der Waals surface area contributed by atoms with Gasteiger partial charge in [-0.05, 0) is 0 Å². The van der Waals surface area contributed by atoms with Gasteiger partial charge in [-0.1, -0.05) is 33.7 Å². The first kappa shape index (κ1) is 12.9. The lowest BCUT2D eigenvalue weighted by molar-refractivity contribution is 4.07. The average Bonchev–Trinajstić information content (AvgIpc) is 1.25. The first-order valence-corrected chi connectivity index (χ1v) is 6.53. The average molecular weight is 255 g/mol. The van der Waals surface area contributed by atoms with Gasteiger partial charge < -0.3 is 0 Å². The molecule has 0 rings (SSSR count). The minimum absolute atomic E-state index is 0.750. The number of hydrogen-bond acceptors (Lipinski definition) is 0. The van der Waals surface area contributed by atoms with Crippen LogP contribution in [-0.4, -0.2) is 4.96 Å². The molecule has 0 aliphatic heterocycles. The third kappa shape index (κ3) is 86.3. The van der Waals surface area contributed by atoms with E-state index in [1.165, 1.54) is 0 Å². The highest BCUT2D eigenvalue weighted by Crippen LogP contribution is 2.51. The van der Waals surface area contributed by atoms with E-state index in [9.17, 15) is 0 Å². The van der Waals surface area contributed by atoms with Crippen molar-refractivity contribution in [1.82, 2.24) is 0 Å². The Morgan fingerprint density at radius 1 is 0.875 bits per heavy atom. The van der Waals surface area contributed by atoms with Gasteiger partial charge in [0.1, 0.15) is 0 Å². The van der Waals surface area contributed by atoms with Crippen LogP contribution in [0, 0.1) is 0 Å². The van der Waals surface area contributed by atoms with Crippen LogP contribution in [0.2, 0.25) is 0 Å². The van der Waals surface area contributed by atoms with E-state index >= 15 is 0 Å². The maximum atomic E-state index is 4.87. The lowest BCUT2D eigenvalue weighted by Gasteiger charge is -1.68. The van der Waals surface area contributed by atoms with E-state index in [-0.39, 0.29) is 0 Å². The molecule has 8 heavy (non-hydrogen) atoms. The predicted octanol–water partition coefficient (Wildman–Crippen LogP) is 4.62. The van der Waals surface area contributed by atoms with Crippen molar-refractivity contribution >= 4 is 79.0 Å². The van der Waals surface area contributed by atoms with Crippen molar-refractivity contribution in [3.05, 3.63) is 0 Å². The summed E-state index contributed by atoms with van der Waals surface area (Å²) >= 11 is 29.0. The predicted molar refractivity (Wildman–Crippen MR) is 47.8 cm³/mol. The molecule has 0 aromatic carbocycles. The van der Waals surface area contributed by atoms with Crippen molar-refractivity contribution in [2.24, 2.45) is 0 Å². The number of halogens is 6. The third-order valence-electron chi connectivity index (χ3n) is 0. The highest BCUT2D eigenvalue weighted by molar-refractivity contribution is 8.20. The Hall–Kier alpha value is 2.23. The van der Waals surface area contributed by atoms with Crippen LogP contribution in [0.5, 0.6) is 0 Å². The first-order chi connectivity index (χ1) is 3.46. The summed E-state index contributed by atoms with van der Waals surface area (Å²) in [5.41, 5.74) is 0. The summed E-state index contributed by atoms with van der Waals surface area (Å²) in [5, 5.41) is 0. The van der Waals surface area contributed by atoms with Crippen LogP contribution >= 0.6 is 74.1 Å². The van der Waals surface area contributed by atoms with Gasteiger partial charge in [0.05, 0.1) is 0 Å². The quantitative estimate of drug-likeness (QED) is 0.437. The van der Waals surface area contributed by atoms with E-state index < -0.39 is 10.9 Å². The molecule has 0 amide bonds.